The molecule has 0 bridgehead atoms. The van der Waals surface area contributed by atoms with Gasteiger partial charge in [-0.15, -0.1) is 0 Å². The Morgan fingerprint density at radius 3 is 1.68 bits per heavy atom. The van der Waals surface area contributed by atoms with Crippen LogP contribution in [0.4, 0.5) is 0 Å². The van der Waals surface area contributed by atoms with Crippen molar-refractivity contribution in [1.29, 1.82) is 0 Å². The predicted molar refractivity (Wildman–Crippen MR) is 232 cm³/mol. The van der Waals surface area contributed by atoms with Gasteiger partial charge in [0.2, 0.25) is 5.82 Å². The molecule has 5 aromatic carbocycles. The standard InChI is InChI=1S/C50H48N5Si/c1-5-19-37(20-6-1)38-21-17-27-42(35-38)56(40-23-7-2-8-24-40,41-25-9-3-10-26-41)43-28-18-22-39(36-43)48-51-49(54-33-15-4-16-34-54)53-50(52-48)55-46-31-13-11-29-44(46)45-30-12-14-32-47(45)55/h1,4-6,11-22,27-36,40-41H,2-3,7-10,23-26H2/q+1/i1D,2D2,3D2,4D,5D,6D,7D2,8D2,9D2,10D2,11D,12D,13D,14D,15D,16D,17D,18D,19D,20D,21D,22D,23D2,24D2,25D2,26D2,27D,28D,29D,30D,31D,32D,33D,34D,35D,36D,40D,41D. The van der Waals surface area contributed by atoms with E-state index in [1.807, 2.05) is 0 Å². The minimum atomic E-state index is -9.26. The Bertz CT molecular complexity index is 4930. The molecule has 276 valence electrons. The maximum Gasteiger partial charge on any atom is 0.443 e. The number of aromatic nitrogens is 5. The quantitative estimate of drug-likeness (QED) is 0.114. The van der Waals surface area contributed by atoms with Crippen LogP contribution >= 0.6 is 0 Å². The smallest absolute Gasteiger partial charge is 0.264 e. The fraction of sp³-hybridized carbons (Fsp3) is 0.240. The Balaban J connectivity index is 1.65. The zero-order valence-electron chi connectivity index (χ0n) is 75.7. The fourth-order valence-electron chi connectivity index (χ4n) is 5.91. The summed E-state index contributed by atoms with van der Waals surface area (Å²) in [5, 5.41) is -6.73. The first-order valence-corrected chi connectivity index (χ1v) is 17.9. The van der Waals surface area contributed by atoms with Crippen molar-refractivity contribution in [3.63, 3.8) is 0 Å². The molecule has 8 aromatic rings. The van der Waals surface area contributed by atoms with Gasteiger partial charge in [0.15, 0.2) is 0 Å². The highest BCUT2D eigenvalue weighted by Gasteiger charge is 2.50. The van der Waals surface area contributed by atoms with E-state index in [1.54, 1.807) is 0 Å². The Hall–Kier alpha value is -5.72. The molecule has 2 fully saturated rings. The summed E-state index contributed by atoms with van der Waals surface area (Å²) in [6.45, 7) is 0. The monoisotopic (exact) mass is 795 g/mol. The van der Waals surface area contributed by atoms with E-state index in [9.17, 15) is 38.4 Å². The van der Waals surface area contributed by atoms with Crippen molar-refractivity contribution in [3.05, 3.63) is 157 Å². The van der Waals surface area contributed by atoms with Crippen molar-refractivity contribution in [2.75, 3.05) is 0 Å². The number of pyridine rings is 1. The largest absolute Gasteiger partial charge is 0.443 e. The normalized spacial score (nSPS) is 38.1. The zero-order valence-corrected chi connectivity index (χ0v) is 28.7. The first-order chi connectivity index (χ1) is 46.9. The molecule has 3 heterocycles. The lowest BCUT2D eigenvalue weighted by Gasteiger charge is -2.49. The third-order valence-electron chi connectivity index (χ3n) is 8.23. The van der Waals surface area contributed by atoms with Gasteiger partial charge in [-0.25, -0.2) is 4.57 Å². The molecule has 6 heteroatoms. The first kappa shape index (κ1) is 10.6. The molecule has 0 amide bonds. The highest BCUT2D eigenvalue weighted by atomic mass is 28.3. The summed E-state index contributed by atoms with van der Waals surface area (Å²) < 4.78 is 452. The summed E-state index contributed by atoms with van der Waals surface area (Å²) >= 11 is 0. The van der Waals surface area contributed by atoms with Crippen LogP contribution in [0.3, 0.4) is 0 Å². The van der Waals surface area contributed by atoms with Crippen LogP contribution in [0.2, 0.25) is 11.0 Å². The van der Waals surface area contributed by atoms with Crippen LogP contribution in [0.5, 0.6) is 0 Å². The number of hydrogen-bond acceptors (Lipinski definition) is 3. The molecule has 56 heavy (non-hydrogen) atoms. The van der Waals surface area contributed by atoms with Crippen molar-refractivity contribution < 1.29 is 70.4 Å². The molecule has 2 aliphatic carbocycles. The van der Waals surface area contributed by atoms with Crippen molar-refractivity contribution in [2.24, 2.45) is 0 Å². The second-order valence-corrected chi connectivity index (χ2v) is 14.7. The van der Waals surface area contributed by atoms with E-state index in [0.717, 1.165) is 0 Å². The van der Waals surface area contributed by atoms with Crippen LogP contribution in [0.25, 0.3) is 56.2 Å². The topological polar surface area (TPSA) is 47.5 Å². The minimum Gasteiger partial charge on any atom is -0.264 e. The molecule has 10 rings (SSSR count). The Labute approximate surface area is 398 Å². The van der Waals surface area contributed by atoms with E-state index in [-0.39, 0.29) is 4.57 Å². The number of fused-ring (bicyclic) bond motifs is 3. The van der Waals surface area contributed by atoms with Crippen LogP contribution in [0, 0.1) is 0 Å². The molecule has 0 saturated heterocycles. The fourth-order valence-corrected chi connectivity index (χ4v) is 9.54. The molecular formula is C50H48N5Si+. The van der Waals surface area contributed by atoms with Gasteiger partial charge in [0.1, 0.15) is 10.8 Å². The molecule has 0 spiro atoms. The molecule has 2 aliphatic rings. The summed E-state index contributed by atoms with van der Waals surface area (Å²) in [4.78, 5) is 12.5. The SMILES string of the molecule is [2H]c1c([2H])c([2H])c(-c2c([2H])c([2H])c([2H])c([Si](c3c([2H])c([2H])c([2H])c(-c4nc(-n5c6c([2H])c([2H])c([2H])c([2H])c6c6c([2H])c([2H])c([2H])c([2H])c65)nc(-[n+]5c([2H])c([2H])c([2H])c([2H])c5[2H])n4)c3[2H])(C3([2H])C([2H])([2H])C([2H])([2H])C([2H])([2H])C([2H])([2H])C3([2H])[2H])C3([2H])C([2H])([2H])C([2H])([2H])C([2H])([2H])C([2H])([2H])C3([2H])[2H])c2[2H])c([2H])c1[2H]. The van der Waals surface area contributed by atoms with Crippen molar-refractivity contribution >= 4 is 40.3 Å². The predicted octanol–water partition coefficient (Wildman–Crippen LogP) is 10.8. The van der Waals surface area contributed by atoms with Crippen LogP contribution in [0.1, 0.15) is 130 Å². The molecule has 2 saturated carbocycles. The average Bonchev–Trinajstić information content (AvgIpc) is 0.690. The third kappa shape index (κ3) is 6.17. The molecule has 0 N–H and O–H groups in total. The van der Waals surface area contributed by atoms with Gasteiger partial charge in [0, 0.05) is 46.5 Å². The summed E-state index contributed by atoms with van der Waals surface area (Å²) in [6, 6.07) is -37.1. The maximum absolute atomic E-state index is 11.1. The lowest BCUT2D eigenvalue weighted by molar-refractivity contribution is -0.603. The molecule has 0 unspecified atom stereocenters. The van der Waals surface area contributed by atoms with Gasteiger partial charge >= 0.3 is 11.9 Å². The van der Waals surface area contributed by atoms with E-state index in [1.165, 1.54) is 0 Å². The second-order valence-electron chi connectivity index (χ2n) is 11.2. The van der Waals surface area contributed by atoms with E-state index >= 15 is 0 Å². The van der Waals surface area contributed by atoms with Crippen molar-refractivity contribution in [3.8, 4) is 34.4 Å². The van der Waals surface area contributed by atoms with E-state index in [2.05, 4.69) is 15.0 Å². The number of hydrogen-bond donors (Lipinski definition) is 0. The lowest BCUT2D eigenvalue weighted by atomic mass is 9.99. The minimum absolute atomic E-state index is 0.0606. The number of rotatable bonds is 8. The van der Waals surface area contributed by atoms with Crippen molar-refractivity contribution in [2.45, 2.75) is 74.8 Å². The van der Waals surface area contributed by atoms with Gasteiger partial charge in [0.05, 0.1) is 56.3 Å². The number of nitrogens with zero attached hydrogens (tertiary/aromatic N) is 5. The summed E-state index contributed by atoms with van der Waals surface area (Å²) in [5.74, 6) is -4.67. The van der Waals surface area contributed by atoms with Crippen LogP contribution < -0.4 is 14.9 Å². The summed E-state index contributed by atoms with van der Waals surface area (Å²) in [6.07, 6.45) is -55.6. The molecule has 0 radical (unpaired) electrons. The first-order valence-electron chi connectivity index (χ1n) is 39.9. The van der Waals surface area contributed by atoms with Crippen LogP contribution in [0.15, 0.2) is 157 Å². The number of para-hydroxylation sites is 2. The highest BCUT2D eigenvalue weighted by Crippen LogP contribution is 2.48. The van der Waals surface area contributed by atoms with E-state index < -0.39 is 307 Å². The van der Waals surface area contributed by atoms with Gasteiger partial charge < -0.3 is 0 Å². The lowest BCUT2D eigenvalue weighted by Crippen LogP contribution is -2.65. The summed E-state index contributed by atoms with van der Waals surface area (Å²) in [7, 11) is -9.26. The molecule has 3 aromatic heterocycles. The summed E-state index contributed by atoms with van der Waals surface area (Å²) in [5.41, 5.74) is -19.0. The second kappa shape index (κ2) is 15.1. The van der Waals surface area contributed by atoms with Crippen molar-refractivity contribution in [1.82, 2.24) is 19.5 Å². The molecule has 0 atom stereocenters. The zero-order chi connectivity index (χ0) is 79.7. The average molecular weight is 795 g/mol. The van der Waals surface area contributed by atoms with Crippen LogP contribution in [-0.2, 0) is 0 Å². The van der Waals surface area contributed by atoms with Gasteiger partial charge in [-0.1, -0.05) is 183 Å². The Morgan fingerprint density at radius 2 is 1.05 bits per heavy atom. The van der Waals surface area contributed by atoms with Gasteiger partial charge in [-0.05, 0) is 68.4 Å². The van der Waals surface area contributed by atoms with Gasteiger partial charge in [-0.3, -0.25) is 4.57 Å². The third-order valence-corrected chi connectivity index (χ3v) is 12.2. The molecule has 5 nitrogen and oxygen atoms in total. The van der Waals surface area contributed by atoms with E-state index in [4.69, 9.17) is 27.4 Å². The van der Waals surface area contributed by atoms with Crippen LogP contribution in [-0.4, -0.2) is 27.6 Å². The highest BCUT2D eigenvalue weighted by molar-refractivity contribution is 7.04. The maximum atomic E-state index is 11.1. The Morgan fingerprint density at radius 1 is 0.536 bits per heavy atom. The molecule has 0 aliphatic heterocycles. The van der Waals surface area contributed by atoms with Gasteiger partial charge in [-0.2, -0.15) is 4.98 Å². The Kier molecular flexibility index (Phi) is 2.86. The number of benzene rings is 5. The van der Waals surface area contributed by atoms with Gasteiger partial charge in [0.25, 0.3) is 0 Å². The van der Waals surface area contributed by atoms with E-state index in [0.29, 0.717) is 4.57 Å². The molecular weight excluding hydrogens is 699 g/mol.